The first-order valence-corrected chi connectivity index (χ1v) is 6.37. The van der Waals surface area contributed by atoms with Crippen LogP contribution in [0.4, 0.5) is 8.78 Å². The molecule has 1 unspecified atom stereocenters. The Morgan fingerprint density at radius 2 is 1.50 bits per heavy atom. The van der Waals surface area contributed by atoms with E-state index in [0.717, 1.165) is 12.1 Å². The van der Waals surface area contributed by atoms with Gasteiger partial charge in [-0.25, -0.2) is 8.78 Å². The van der Waals surface area contributed by atoms with Crippen molar-refractivity contribution in [2.24, 2.45) is 0 Å². The van der Waals surface area contributed by atoms with Gasteiger partial charge in [-0.3, -0.25) is 0 Å². The first-order valence-electron chi connectivity index (χ1n) is 6.37. The van der Waals surface area contributed by atoms with Crippen molar-refractivity contribution in [1.29, 1.82) is 0 Å². The molecule has 0 heterocycles. The van der Waals surface area contributed by atoms with Gasteiger partial charge < -0.3 is 9.84 Å². The van der Waals surface area contributed by atoms with Gasteiger partial charge in [0.25, 0.3) is 0 Å². The Kier molecular flexibility index (Phi) is 4.35. The van der Waals surface area contributed by atoms with E-state index in [1.54, 1.807) is 24.3 Å². The lowest BCUT2D eigenvalue weighted by Gasteiger charge is -2.14. The summed E-state index contributed by atoms with van der Waals surface area (Å²) < 4.78 is 31.5. The highest BCUT2D eigenvalue weighted by Crippen LogP contribution is 2.25. The van der Waals surface area contributed by atoms with Gasteiger partial charge in [0.05, 0.1) is 6.10 Å². The van der Waals surface area contributed by atoms with Gasteiger partial charge in [-0.1, -0.05) is 18.2 Å². The second kappa shape index (κ2) is 6.01. The monoisotopic (exact) mass is 278 g/mol. The minimum atomic E-state index is -1.00. The zero-order valence-corrected chi connectivity index (χ0v) is 11.3. The van der Waals surface area contributed by atoms with Crippen molar-refractivity contribution >= 4 is 0 Å². The van der Waals surface area contributed by atoms with Crippen molar-refractivity contribution in [2.75, 3.05) is 0 Å². The Morgan fingerprint density at radius 3 is 2.05 bits per heavy atom. The van der Waals surface area contributed by atoms with E-state index in [1.165, 1.54) is 6.07 Å². The highest BCUT2D eigenvalue weighted by molar-refractivity contribution is 5.34. The first kappa shape index (κ1) is 14.5. The number of rotatable bonds is 4. The van der Waals surface area contributed by atoms with Gasteiger partial charge in [0.1, 0.15) is 11.9 Å². The van der Waals surface area contributed by atoms with Crippen molar-refractivity contribution in [1.82, 2.24) is 0 Å². The fourth-order valence-electron chi connectivity index (χ4n) is 1.88. The topological polar surface area (TPSA) is 29.5 Å². The normalized spacial score (nSPS) is 12.5. The number of hydrogen-bond donors (Lipinski definition) is 1. The number of aliphatic hydroxyl groups is 1. The van der Waals surface area contributed by atoms with Gasteiger partial charge >= 0.3 is 0 Å². The molecule has 0 saturated carbocycles. The molecular weight excluding hydrogens is 262 g/mol. The van der Waals surface area contributed by atoms with Gasteiger partial charge in [-0.05, 0) is 49.2 Å². The Bertz CT molecular complexity index is 580. The molecule has 0 saturated heterocycles. The summed E-state index contributed by atoms with van der Waals surface area (Å²) >= 11 is 0. The third-order valence-corrected chi connectivity index (χ3v) is 2.83. The molecule has 1 N–H and O–H groups in total. The average molecular weight is 278 g/mol. The summed E-state index contributed by atoms with van der Waals surface area (Å²) in [5.41, 5.74) is 0.897. The van der Waals surface area contributed by atoms with Crippen LogP contribution < -0.4 is 4.74 Å². The van der Waals surface area contributed by atoms with Crippen molar-refractivity contribution in [3.8, 4) is 5.75 Å². The molecule has 0 amide bonds. The molecule has 0 fully saturated rings. The summed E-state index contributed by atoms with van der Waals surface area (Å²) in [6, 6.07) is 10.2. The maximum absolute atomic E-state index is 13.2. The minimum Gasteiger partial charge on any atom is -0.491 e. The Balaban J connectivity index is 2.20. The van der Waals surface area contributed by atoms with Crippen LogP contribution in [0.25, 0.3) is 0 Å². The van der Waals surface area contributed by atoms with E-state index in [4.69, 9.17) is 4.74 Å². The Hall–Kier alpha value is -1.94. The number of benzene rings is 2. The number of halogens is 2. The molecule has 106 valence electrons. The third-order valence-electron chi connectivity index (χ3n) is 2.83. The van der Waals surface area contributed by atoms with Crippen LogP contribution in [-0.2, 0) is 0 Å². The smallest absolute Gasteiger partial charge is 0.159 e. The van der Waals surface area contributed by atoms with E-state index < -0.39 is 17.7 Å². The molecule has 0 radical (unpaired) electrons. The van der Waals surface area contributed by atoms with Gasteiger partial charge in [0, 0.05) is 0 Å². The molecule has 20 heavy (non-hydrogen) atoms. The minimum absolute atomic E-state index is 0.0666. The van der Waals surface area contributed by atoms with Gasteiger partial charge in [0.2, 0.25) is 0 Å². The first-order chi connectivity index (χ1) is 9.47. The van der Waals surface area contributed by atoms with E-state index in [2.05, 4.69) is 0 Å². The molecule has 0 aliphatic rings. The quantitative estimate of drug-likeness (QED) is 0.921. The summed E-state index contributed by atoms with van der Waals surface area (Å²) in [5, 5.41) is 10.2. The lowest BCUT2D eigenvalue weighted by atomic mass is 10.0. The van der Waals surface area contributed by atoms with Crippen molar-refractivity contribution < 1.29 is 18.6 Å². The summed E-state index contributed by atoms with van der Waals surface area (Å²) in [4.78, 5) is 0. The van der Waals surface area contributed by atoms with Crippen molar-refractivity contribution in [3.05, 3.63) is 65.2 Å². The fraction of sp³-hybridized carbons (Fsp3) is 0.250. The Labute approximate surface area is 116 Å². The summed E-state index contributed by atoms with van der Waals surface area (Å²) in [6.45, 7) is 3.84. The highest BCUT2D eigenvalue weighted by atomic mass is 19.2. The van der Waals surface area contributed by atoms with E-state index in [1.807, 2.05) is 13.8 Å². The molecule has 0 spiro atoms. The molecule has 4 heteroatoms. The molecule has 1 atom stereocenters. The second-order valence-corrected chi connectivity index (χ2v) is 4.81. The fourth-order valence-corrected chi connectivity index (χ4v) is 1.88. The molecule has 2 rings (SSSR count). The van der Waals surface area contributed by atoms with E-state index in [9.17, 15) is 13.9 Å². The van der Waals surface area contributed by atoms with Crippen LogP contribution in [0.2, 0.25) is 0 Å². The molecular formula is C16H16F2O2. The molecule has 0 aliphatic heterocycles. The molecule has 2 nitrogen and oxygen atoms in total. The van der Waals surface area contributed by atoms with Crippen molar-refractivity contribution in [3.63, 3.8) is 0 Å². The van der Waals surface area contributed by atoms with Gasteiger partial charge in [-0.2, -0.15) is 0 Å². The van der Waals surface area contributed by atoms with Crippen LogP contribution in [-0.4, -0.2) is 11.2 Å². The lowest BCUT2D eigenvalue weighted by Crippen LogP contribution is -2.06. The van der Waals surface area contributed by atoms with Gasteiger partial charge in [0.15, 0.2) is 11.6 Å². The predicted octanol–water partition coefficient (Wildman–Crippen LogP) is 3.83. The van der Waals surface area contributed by atoms with Crippen LogP contribution in [0.1, 0.15) is 31.1 Å². The second-order valence-electron chi connectivity index (χ2n) is 4.81. The maximum Gasteiger partial charge on any atom is 0.159 e. The van der Waals surface area contributed by atoms with Crippen LogP contribution in [0, 0.1) is 11.6 Å². The van der Waals surface area contributed by atoms with E-state index >= 15 is 0 Å². The average Bonchev–Trinajstić information content (AvgIpc) is 2.41. The van der Waals surface area contributed by atoms with Gasteiger partial charge in [-0.15, -0.1) is 0 Å². The molecule has 2 aromatic carbocycles. The maximum atomic E-state index is 13.2. The van der Waals surface area contributed by atoms with Crippen LogP contribution >= 0.6 is 0 Å². The number of hydrogen-bond acceptors (Lipinski definition) is 2. The van der Waals surface area contributed by atoms with E-state index in [0.29, 0.717) is 16.9 Å². The standard InChI is InChI=1S/C16H16F2O2/c1-10(2)20-13-6-3-11(4-7-13)16(19)12-5-8-14(17)15(18)9-12/h3-10,16,19H,1-2H3. The summed E-state index contributed by atoms with van der Waals surface area (Å²) in [6.07, 6.45) is -0.935. The lowest BCUT2D eigenvalue weighted by molar-refractivity contribution is 0.218. The molecule has 0 bridgehead atoms. The Morgan fingerprint density at radius 1 is 0.900 bits per heavy atom. The van der Waals surface area contributed by atoms with Crippen molar-refractivity contribution in [2.45, 2.75) is 26.1 Å². The number of aliphatic hydroxyl groups excluding tert-OH is 1. The molecule has 2 aromatic rings. The molecule has 0 aliphatic carbocycles. The summed E-state index contributed by atoms with van der Waals surface area (Å²) in [5.74, 6) is -1.20. The number of ether oxygens (including phenoxy) is 1. The summed E-state index contributed by atoms with van der Waals surface area (Å²) in [7, 11) is 0. The highest BCUT2D eigenvalue weighted by Gasteiger charge is 2.13. The molecule has 0 aromatic heterocycles. The van der Waals surface area contributed by atoms with Crippen LogP contribution in [0.3, 0.4) is 0 Å². The van der Waals surface area contributed by atoms with Crippen LogP contribution in [0.5, 0.6) is 5.75 Å². The van der Waals surface area contributed by atoms with Crippen LogP contribution in [0.15, 0.2) is 42.5 Å². The van der Waals surface area contributed by atoms with E-state index in [-0.39, 0.29) is 6.10 Å². The SMILES string of the molecule is CC(C)Oc1ccc(C(O)c2ccc(F)c(F)c2)cc1. The zero-order valence-electron chi connectivity index (χ0n) is 11.3. The zero-order chi connectivity index (χ0) is 14.7. The predicted molar refractivity (Wildman–Crippen MR) is 72.6 cm³/mol. The largest absolute Gasteiger partial charge is 0.491 e. The third kappa shape index (κ3) is 3.33.